The lowest BCUT2D eigenvalue weighted by atomic mass is 9.97. The third-order valence-corrected chi connectivity index (χ3v) is 4.63. The van der Waals surface area contributed by atoms with Gasteiger partial charge in [-0.1, -0.05) is 17.7 Å². The summed E-state index contributed by atoms with van der Waals surface area (Å²) in [5.74, 6) is 1.47. The number of halogens is 1. The molecule has 2 N–H and O–H groups in total. The van der Waals surface area contributed by atoms with E-state index in [2.05, 4.69) is 24.9 Å². The quantitative estimate of drug-likeness (QED) is 0.927. The van der Waals surface area contributed by atoms with Crippen LogP contribution in [0.1, 0.15) is 36.4 Å². The smallest absolute Gasteiger partial charge is 0.143 e. The highest BCUT2D eigenvalue weighted by Gasteiger charge is 2.34. The Morgan fingerprint density at radius 1 is 1.40 bits per heavy atom. The van der Waals surface area contributed by atoms with Crippen molar-refractivity contribution in [2.75, 3.05) is 20.1 Å². The lowest BCUT2D eigenvalue weighted by Crippen LogP contribution is -2.21. The Morgan fingerprint density at radius 2 is 2.15 bits per heavy atom. The zero-order valence-corrected chi connectivity index (χ0v) is 13.0. The van der Waals surface area contributed by atoms with Gasteiger partial charge in [0.1, 0.15) is 5.75 Å². The molecular weight excluding hydrogens is 272 g/mol. The van der Waals surface area contributed by atoms with Crippen molar-refractivity contribution in [1.82, 2.24) is 4.90 Å². The maximum Gasteiger partial charge on any atom is 0.143 e. The van der Waals surface area contributed by atoms with Crippen LogP contribution in [0.5, 0.6) is 5.75 Å². The topological polar surface area (TPSA) is 38.5 Å². The highest BCUT2D eigenvalue weighted by Crippen LogP contribution is 2.43. The van der Waals surface area contributed by atoms with Gasteiger partial charge in [0.05, 0.1) is 11.1 Å². The lowest BCUT2D eigenvalue weighted by molar-refractivity contribution is 0.274. The van der Waals surface area contributed by atoms with Crippen molar-refractivity contribution >= 4 is 11.6 Å². The van der Waals surface area contributed by atoms with Gasteiger partial charge in [0.25, 0.3) is 0 Å². The molecule has 3 rings (SSSR count). The molecule has 1 aromatic rings. The first-order valence-corrected chi connectivity index (χ1v) is 7.83. The minimum atomic E-state index is 0.367. The van der Waals surface area contributed by atoms with Crippen LogP contribution in [0.25, 0.3) is 0 Å². The minimum absolute atomic E-state index is 0.367. The van der Waals surface area contributed by atoms with E-state index in [4.69, 9.17) is 22.1 Å². The van der Waals surface area contributed by atoms with Crippen molar-refractivity contribution in [2.24, 2.45) is 11.7 Å². The van der Waals surface area contributed by atoms with Crippen LogP contribution in [-0.2, 0) is 0 Å². The van der Waals surface area contributed by atoms with E-state index in [9.17, 15) is 0 Å². The number of nitrogens with two attached hydrogens (primary N) is 1. The maximum atomic E-state index is 6.43. The number of hydrogen-bond donors (Lipinski definition) is 1. The molecule has 1 aliphatic carbocycles. The largest absolute Gasteiger partial charge is 0.489 e. The summed E-state index contributed by atoms with van der Waals surface area (Å²) in [6.07, 6.45) is 3.75. The summed E-state index contributed by atoms with van der Waals surface area (Å²) in [5, 5.41) is 0.747. The van der Waals surface area contributed by atoms with Crippen molar-refractivity contribution in [2.45, 2.75) is 38.3 Å². The predicted molar refractivity (Wildman–Crippen MR) is 82.4 cm³/mol. The Hall–Kier alpha value is -0.770. The highest BCUT2D eigenvalue weighted by atomic mass is 35.5. The molecule has 1 aromatic carbocycles. The fourth-order valence-electron chi connectivity index (χ4n) is 3.12. The first kappa shape index (κ1) is 14.2. The second-order valence-corrected chi connectivity index (χ2v) is 6.68. The fraction of sp³-hybridized carbons (Fsp3) is 0.625. The van der Waals surface area contributed by atoms with Crippen molar-refractivity contribution in [3.8, 4) is 5.75 Å². The number of rotatable bonds is 4. The van der Waals surface area contributed by atoms with E-state index in [0.717, 1.165) is 43.1 Å². The zero-order valence-electron chi connectivity index (χ0n) is 12.2. The first-order valence-electron chi connectivity index (χ1n) is 7.45. The molecule has 1 heterocycles. The van der Waals surface area contributed by atoms with Crippen LogP contribution in [0.2, 0.25) is 5.02 Å². The van der Waals surface area contributed by atoms with Crippen LogP contribution < -0.4 is 10.5 Å². The normalized spacial score (nSPS) is 27.0. The lowest BCUT2D eigenvalue weighted by Gasteiger charge is -2.24. The van der Waals surface area contributed by atoms with Crippen molar-refractivity contribution in [1.29, 1.82) is 0 Å². The Morgan fingerprint density at radius 3 is 2.75 bits per heavy atom. The average Bonchev–Trinajstić information content (AvgIpc) is 3.14. The molecule has 2 unspecified atom stereocenters. The van der Waals surface area contributed by atoms with Crippen molar-refractivity contribution in [3.63, 3.8) is 0 Å². The van der Waals surface area contributed by atoms with Gasteiger partial charge in [-0.25, -0.2) is 0 Å². The molecule has 1 aliphatic heterocycles. The molecule has 110 valence electrons. The molecule has 0 spiro atoms. The maximum absolute atomic E-state index is 6.43. The van der Waals surface area contributed by atoms with Gasteiger partial charge in [0.2, 0.25) is 0 Å². The minimum Gasteiger partial charge on any atom is -0.489 e. The number of likely N-dealkylation sites (tertiary alicyclic amines) is 1. The average molecular weight is 295 g/mol. The molecule has 0 radical (unpaired) electrons. The number of hydrogen-bond acceptors (Lipinski definition) is 3. The Labute approximate surface area is 126 Å². The number of aryl methyl sites for hydroxylation is 1. The molecule has 1 saturated heterocycles. The summed E-state index contributed by atoms with van der Waals surface area (Å²) in [7, 11) is 2.16. The van der Waals surface area contributed by atoms with Gasteiger partial charge >= 0.3 is 0 Å². The predicted octanol–water partition coefficient (Wildman–Crippen LogP) is 3.14. The second-order valence-electron chi connectivity index (χ2n) is 6.28. The summed E-state index contributed by atoms with van der Waals surface area (Å²) >= 11 is 6.43. The second kappa shape index (κ2) is 5.55. The number of nitrogens with zero attached hydrogens (tertiary/aromatic N) is 1. The van der Waals surface area contributed by atoms with E-state index in [1.54, 1.807) is 0 Å². The van der Waals surface area contributed by atoms with Gasteiger partial charge in [-0.15, -0.1) is 0 Å². The first-order chi connectivity index (χ1) is 9.58. The van der Waals surface area contributed by atoms with Crippen molar-refractivity contribution < 1.29 is 4.74 Å². The summed E-state index contributed by atoms with van der Waals surface area (Å²) < 4.78 is 6.08. The van der Waals surface area contributed by atoms with Crippen LogP contribution in [0, 0.1) is 12.8 Å². The summed E-state index contributed by atoms with van der Waals surface area (Å²) in [4.78, 5) is 2.38. The molecule has 1 saturated carbocycles. The molecule has 4 heteroatoms. The SMILES string of the molecule is Cc1cc(Cl)c(OC2CC2)c(C2CC(CN)CN2C)c1. The van der Waals surface area contributed by atoms with Crippen molar-refractivity contribution in [3.05, 3.63) is 28.3 Å². The summed E-state index contributed by atoms with van der Waals surface area (Å²) in [6.45, 7) is 3.89. The van der Waals surface area contributed by atoms with Gasteiger partial charge in [0, 0.05) is 18.2 Å². The van der Waals surface area contributed by atoms with Crippen LogP contribution >= 0.6 is 11.6 Å². The van der Waals surface area contributed by atoms with Gasteiger partial charge in [0.15, 0.2) is 0 Å². The van der Waals surface area contributed by atoms with E-state index >= 15 is 0 Å². The van der Waals surface area contributed by atoms with Crippen LogP contribution in [0.3, 0.4) is 0 Å². The van der Waals surface area contributed by atoms with Gasteiger partial charge in [-0.3, -0.25) is 4.90 Å². The van der Waals surface area contributed by atoms with Gasteiger partial charge < -0.3 is 10.5 Å². The Balaban J connectivity index is 1.94. The van der Waals surface area contributed by atoms with E-state index < -0.39 is 0 Å². The third-order valence-electron chi connectivity index (χ3n) is 4.35. The molecular formula is C16H23ClN2O. The molecule has 0 amide bonds. The summed E-state index contributed by atoms with van der Waals surface area (Å²) in [5.41, 5.74) is 8.27. The van der Waals surface area contributed by atoms with Gasteiger partial charge in [-0.05, 0) is 57.3 Å². The molecule has 0 bridgehead atoms. The van der Waals surface area contributed by atoms with E-state index in [-0.39, 0.29) is 0 Å². The van der Waals surface area contributed by atoms with E-state index in [0.29, 0.717) is 18.1 Å². The number of ether oxygens (including phenoxy) is 1. The monoisotopic (exact) mass is 294 g/mol. The Bertz CT molecular complexity index is 501. The molecule has 2 aliphatic rings. The molecule has 2 fully saturated rings. The zero-order chi connectivity index (χ0) is 14.3. The fourth-order valence-corrected chi connectivity index (χ4v) is 3.45. The third kappa shape index (κ3) is 2.80. The standard InChI is InChI=1S/C16H23ClN2O/c1-10-5-13(15-7-11(8-18)9-19(15)2)16(14(17)6-10)20-12-3-4-12/h5-6,11-12,15H,3-4,7-9,18H2,1-2H3. The van der Waals surface area contributed by atoms with E-state index in [1.807, 2.05) is 6.07 Å². The molecule has 3 nitrogen and oxygen atoms in total. The van der Waals surface area contributed by atoms with Gasteiger partial charge in [-0.2, -0.15) is 0 Å². The molecule has 0 aromatic heterocycles. The van der Waals surface area contributed by atoms with E-state index in [1.165, 1.54) is 11.1 Å². The van der Waals surface area contributed by atoms with Crippen LogP contribution in [0.4, 0.5) is 0 Å². The molecule has 20 heavy (non-hydrogen) atoms. The van der Waals surface area contributed by atoms with Crippen LogP contribution in [-0.4, -0.2) is 31.1 Å². The number of benzene rings is 1. The summed E-state index contributed by atoms with van der Waals surface area (Å²) in [6, 6.07) is 4.59. The highest BCUT2D eigenvalue weighted by molar-refractivity contribution is 6.32. The Kier molecular flexibility index (Phi) is 3.93. The molecule has 2 atom stereocenters. The van der Waals surface area contributed by atoms with Crippen LogP contribution in [0.15, 0.2) is 12.1 Å².